The molecule has 0 aromatic heterocycles. The smallest absolute Gasteiger partial charge is 0.318 e. The molecule has 1 aliphatic rings. The Morgan fingerprint density at radius 3 is 1.80 bits per heavy atom. The molecule has 6 aromatic carbocycles. The summed E-state index contributed by atoms with van der Waals surface area (Å²) in [7, 11) is 0. The van der Waals surface area contributed by atoms with Gasteiger partial charge in [0.25, 0.3) is 0 Å². The number of fused-ring (bicyclic) bond motifs is 1. The third-order valence-corrected chi connectivity index (χ3v) is 11.1. The van der Waals surface area contributed by atoms with Crippen molar-refractivity contribution in [3.8, 4) is 0 Å². The fourth-order valence-electron chi connectivity index (χ4n) is 7.31. The molecular formula is C48H45N3O4S. The lowest BCUT2D eigenvalue weighted by Gasteiger charge is -2.30. The highest BCUT2D eigenvalue weighted by Crippen LogP contribution is 2.44. The van der Waals surface area contributed by atoms with Gasteiger partial charge >= 0.3 is 11.9 Å². The lowest BCUT2D eigenvalue weighted by molar-refractivity contribution is -0.141. The Kier molecular flexibility index (Phi) is 12.7. The minimum absolute atomic E-state index is 0.488. The van der Waals surface area contributed by atoms with E-state index in [1.807, 2.05) is 84.6 Å². The molecule has 0 atom stereocenters. The van der Waals surface area contributed by atoms with Crippen molar-refractivity contribution in [3.05, 3.63) is 168 Å². The Bertz CT molecular complexity index is 2330. The van der Waals surface area contributed by atoms with E-state index in [1.165, 1.54) is 52.4 Å². The zero-order chi connectivity index (χ0) is 38.7. The highest BCUT2D eigenvalue weighted by atomic mass is 32.2. The van der Waals surface area contributed by atoms with E-state index in [0.29, 0.717) is 11.4 Å². The van der Waals surface area contributed by atoms with Gasteiger partial charge < -0.3 is 14.6 Å². The van der Waals surface area contributed by atoms with Crippen LogP contribution in [0.1, 0.15) is 74.6 Å². The van der Waals surface area contributed by atoms with Gasteiger partial charge in [0.05, 0.1) is 11.4 Å². The molecule has 1 aliphatic carbocycles. The third-order valence-electron chi connectivity index (χ3n) is 10.0. The number of benzene rings is 6. The van der Waals surface area contributed by atoms with Crippen LogP contribution >= 0.6 is 11.8 Å². The average Bonchev–Trinajstić information content (AvgIpc) is 3.23. The molecule has 0 spiro atoms. The topological polar surface area (TPSA) is 80.6 Å². The molecule has 0 radical (unpaired) electrons. The van der Waals surface area contributed by atoms with E-state index in [4.69, 9.17) is 9.68 Å². The lowest BCUT2D eigenvalue weighted by Crippen LogP contribution is -2.14. The number of hydrogen-bond donors (Lipinski definition) is 0. The Balaban J connectivity index is 1.39. The van der Waals surface area contributed by atoms with Crippen molar-refractivity contribution in [3.63, 3.8) is 0 Å². The van der Waals surface area contributed by atoms with Crippen LogP contribution in [0.15, 0.2) is 161 Å². The summed E-state index contributed by atoms with van der Waals surface area (Å²) in [4.78, 5) is 37.8. The van der Waals surface area contributed by atoms with Gasteiger partial charge in [0.15, 0.2) is 0 Å². The van der Waals surface area contributed by atoms with Crippen LogP contribution in [0.25, 0.3) is 10.8 Å². The van der Waals surface area contributed by atoms with E-state index < -0.39 is 11.9 Å². The summed E-state index contributed by atoms with van der Waals surface area (Å²) < 4.78 is 0. The van der Waals surface area contributed by atoms with E-state index in [2.05, 4.69) is 88.0 Å². The number of thioether (sulfide) groups is 1. The summed E-state index contributed by atoms with van der Waals surface area (Å²) in [5.41, 5.74) is 7.30. The van der Waals surface area contributed by atoms with Gasteiger partial charge in [-0.05, 0) is 53.8 Å². The quantitative estimate of drug-likeness (QED) is 0.0505. The average molecular weight is 760 g/mol. The van der Waals surface area contributed by atoms with Crippen molar-refractivity contribution in [2.75, 3.05) is 10.7 Å². The summed E-state index contributed by atoms with van der Waals surface area (Å²) in [6.07, 6.45) is 7.76. The number of carbonyl (C=O) groups is 2. The first kappa shape index (κ1) is 38.3. The summed E-state index contributed by atoms with van der Waals surface area (Å²) in [6, 6.07) is 48.9. The molecule has 282 valence electrons. The van der Waals surface area contributed by atoms with Crippen LogP contribution in [0.2, 0.25) is 0 Å². The van der Waals surface area contributed by atoms with Crippen molar-refractivity contribution < 1.29 is 19.3 Å². The van der Waals surface area contributed by atoms with Gasteiger partial charge in [0, 0.05) is 52.1 Å². The Morgan fingerprint density at radius 2 is 1.16 bits per heavy atom. The van der Waals surface area contributed by atoms with Crippen molar-refractivity contribution >= 4 is 63.0 Å². The molecule has 56 heavy (non-hydrogen) atoms. The largest absolute Gasteiger partial charge is 0.332 e. The molecule has 0 aliphatic heterocycles. The normalized spacial score (nSPS) is 13.7. The standard InChI is InChI=1S/C48H45N3O4S/c1-34(52)54-49-47(38-18-8-4-9-19-38)40-25-28-42(29-26-40)51(44-24-14-22-37-17-12-13-23-43(37)44)45-33-41(48(50-55-35(2)53)39-20-10-5-11-21-39)27-30-46(45)56-32-31-36-15-6-3-7-16-36/h4-5,8-14,17-30,33,36H,3,6-7,15-16,31-32H2,1-2H3/b49-47-,50-48-. The van der Waals surface area contributed by atoms with Crippen LogP contribution in [0.5, 0.6) is 0 Å². The number of anilines is 3. The van der Waals surface area contributed by atoms with Gasteiger partial charge in [0.1, 0.15) is 11.4 Å². The highest BCUT2D eigenvalue weighted by molar-refractivity contribution is 7.99. The fourth-order valence-corrected chi connectivity index (χ4v) is 8.44. The van der Waals surface area contributed by atoms with Crippen LogP contribution in [0.4, 0.5) is 17.1 Å². The molecule has 1 fully saturated rings. The first-order valence-corrected chi connectivity index (χ1v) is 20.2. The van der Waals surface area contributed by atoms with E-state index in [9.17, 15) is 9.59 Å². The van der Waals surface area contributed by atoms with Gasteiger partial charge in [-0.25, -0.2) is 9.59 Å². The van der Waals surface area contributed by atoms with Gasteiger partial charge in [-0.3, -0.25) is 0 Å². The third kappa shape index (κ3) is 9.44. The van der Waals surface area contributed by atoms with Crippen LogP contribution in [0.3, 0.4) is 0 Å². The zero-order valence-corrected chi connectivity index (χ0v) is 32.6. The minimum atomic E-state index is -0.488. The minimum Gasteiger partial charge on any atom is -0.318 e. The predicted octanol–water partition coefficient (Wildman–Crippen LogP) is 12.0. The van der Waals surface area contributed by atoms with Crippen molar-refractivity contribution in [2.24, 2.45) is 16.2 Å². The van der Waals surface area contributed by atoms with Gasteiger partial charge in [0.2, 0.25) is 0 Å². The van der Waals surface area contributed by atoms with Crippen LogP contribution < -0.4 is 4.90 Å². The number of hydrogen-bond acceptors (Lipinski definition) is 8. The molecular weight excluding hydrogens is 715 g/mol. The lowest BCUT2D eigenvalue weighted by atomic mass is 9.88. The second-order valence-electron chi connectivity index (χ2n) is 14.0. The molecule has 0 saturated heterocycles. The molecule has 7 rings (SSSR count). The van der Waals surface area contributed by atoms with Crippen LogP contribution in [-0.4, -0.2) is 29.1 Å². The summed E-state index contributed by atoms with van der Waals surface area (Å²) in [6.45, 7) is 2.70. The molecule has 0 heterocycles. The van der Waals surface area contributed by atoms with Gasteiger partial charge in [-0.1, -0.05) is 158 Å². The van der Waals surface area contributed by atoms with Gasteiger partial charge in [-0.15, -0.1) is 11.8 Å². The van der Waals surface area contributed by atoms with Crippen molar-refractivity contribution in [2.45, 2.75) is 57.3 Å². The van der Waals surface area contributed by atoms with E-state index in [-0.39, 0.29) is 0 Å². The molecule has 0 N–H and O–H groups in total. The van der Waals surface area contributed by atoms with Crippen LogP contribution in [-0.2, 0) is 19.3 Å². The molecule has 0 bridgehead atoms. The Morgan fingerprint density at radius 1 is 0.607 bits per heavy atom. The fraction of sp³-hybridized carbons (Fsp3) is 0.208. The first-order chi connectivity index (χ1) is 27.4. The predicted molar refractivity (Wildman–Crippen MR) is 228 cm³/mol. The molecule has 6 aromatic rings. The molecule has 7 nitrogen and oxygen atoms in total. The summed E-state index contributed by atoms with van der Waals surface area (Å²) >= 11 is 1.88. The van der Waals surface area contributed by atoms with Gasteiger partial charge in [-0.2, -0.15) is 0 Å². The number of rotatable bonds is 13. The van der Waals surface area contributed by atoms with E-state index in [1.54, 1.807) is 0 Å². The SMILES string of the molecule is CC(=O)O/N=C(/c1ccccc1)c1ccc(N(c2cc(/C(=N\OC(C)=O)c3ccccc3)ccc2SCCC2CCCCC2)c2cccc3ccccc23)cc1. The summed E-state index contributed by atoms with van der Waals surface area (Å²) in [5, 5.41) is 10.9. The molecule has 8 heteroatoms. The number of oxime groups is 2. The van der Waals surface area contributed by atoms with E-state index in [0.717, 1.165) is 66.7 Å². The summed E-state index contributed by atoms with van der Waals surface area (Å²) in [5.74, 6) is 0.781. The monoisotopic (exact) mass is 759 g/mol. The first-order valence-electron chi connectivity index (χ1n) is 19.2. The maximum Gasteiger partial charge on any atom is 0.332 e. The second-order valence-corrected chi connectivity index (χ2v) is 15.1. The molecule has 0 unspecified atom stereocenters. The van der Waals surface area contributed by atoms with Crippen molar-refractivity contribution in [1.82, 2.24) is 0 Å². The highest BCUT2D eigenvalue weighted by Gasteiger charge is 2.23. The Hall–Kier alpha value is -5.99. The molecule has 1 saturated carbocycles. The number of carbonyl (C=O) groups excluding carboxylic acids is 2. The van der Waals surface area contributed by atoms with E-state index >= 15 is 0 Å². The number of nitrogens with zero attached hydrogens (tertiary/aromatic N) is 3. The maximum atomic E-state index is 12.0. The Labute approximate surface area is 333 Å². The second kappa shape index (κ2) is 18.6. The maximum absolute atomic E-state index is 12.0. The molecule has 0 amide bonds. The van der Waals surface area contributed by atoms with Crippen LogP contribution in [0, 0.1) is 5.92 Å². The zero-order valence-electron chi connectivity index (χ0n) is 31.8. The van der Waals surface area contributed by atoms with Crippen molar-refractivity contribution in [1.29, 1.82) is 0 Å².